The van der Waals surface area contributed by atoms with Crippen molar-refractivity contribution in [2.24, 2.45) is 0 Å². The summed E-state index contributed by atoms with van der Waals surface area (Å²) >= 11 is 1.55. The third-order valence-electron chi connectivity index (χ3n) is 4.13. The van der Waals surface area contributed by atoms with Crippen LogP contribution in [0.1, 0.15) is 5.82 Å². The van der Waals surface area contributed by atoms with Gasteiger partial charge in [0, 0.05) is 12.7 Å². The smallest absolute Gasteiger partial charge is 0.192 e. The number of hydrogen-bond acceptors (Lipinski definition) is 7. The van der Waals surface area contributed by atoms with Gasteiger partial charge in [0.25, 0.3) is 0 Å². The van der Waals surface area contributed by atoms with Crippen molar-refractivity contribution < 1.29 is 4.74 Å². The van der Waals surface area contributed by atoms with Gasteiger partial charge in [-0.05, 0) is 22.6 Å². The van der Waals surface area contributed by atoms with Gasteiger partial charge in [0.1, 0.15) is 0 Å². The molecule has 2 aromatic carbocycles. The summed E-state index contributed by atoms with van der Waals surface area (Å²) < 4.78 is 9.07. The molecule has 8 nitrogen and oxygen atoms in total. The number of methoxy groups -OCH3 is 1. The zero-order valence-corrected chi connectivity index (χ0v) is 16.2. The van der Waals surface area contributed by atoms with Crippen LogP contribution in [-0.2, 0) is 17.0 Å². The van der Waals surface area contributed by atoms with Crippen molar-refractivity contribution in [1.29, 1.82) is 0 Å². The van der Waals surface area contributed by atoms with Gasteiger partial charge in [-0.3, -0.25) is 4.57 Å². The molecule has 0 bridgehead atoms. The fourth-order valence-corrected chi connectivity index (χ4v) is 3.65. The van der Waals surface area contributed by atoms with Crippen LogP contribution in [0.15, 0.2) is 65.8 Å². The zero-order valence-electron chi connectivity index (χ0n) is 15.3. The zero-order chi connectivity index (χ0) is 19.2. The lowest BCUT2D eigenvalue weighted by atomic mass is 10.2. The van der Waals surface area contributed by atoms with E-state index in [1.807, 2.05) is 60.7 Å². The highest BCUT2D eigenvalue weighted by atomic mass is 32.2. The van der Waals surface area contributed by atoms with Gasteiger partial charge < -0.3 is 4.74 Å². The van der Waals surface area contributed by atoms with E-state index in [1.54, 1.807) is 23.6 Å². The molecular weight excluding hydrogens is 374 g/mol. The molecule has 0 aliphatic carbocycles. The van der Waals surface area contributed by atoms with Gasteiger partial charge in [0.05, 0.1) is 24.6 Å². The van der Waals surface area contributed by atoms with Gasteiger partial charge in [-0.15, -0.1) is 15.3 Å². The largest absolute Gasteiger partial charge is 0.383 e. The second-order valence-corrected chi connectivity index (χ2v) is 6.89. The predicted octanol–water partition coefficient (Wildman–Crippen LogP) is 2.86. The first-order valence-electron chi connectivity index (χ1n) is 8.80. The highest BCUT2D eigenvalue weighted by Gasteiger charge is 2.16. The van der Waals surface area contributed by atoms with Crippen LogP contribution in [0.2, 0.25) is 0 Å². The van der Waals surface area contributed by atoms with Crippen molar-refractivity contribution >= 4 is 11.8 Å². The van der Waals surface area contributed by atoms with E-state index in [0.717, 1.165) is 28.1 Å². The molecule has 0 N–H and O–H groups in total. The van der Waals surface area contributed by atoms with Gasteiger partial charge >= 0.3 is 0 Å². The molecule has 0 atom stereocenters. The summed E-state index contributed by atoms with van der Waals surface area (Å²) in [6.07, 6.45) is 0. The van der Waals surface area contributed by atoms with Crippen molar-refractivity contribution in [3.8, 4) is 17.1 Å². The fraction of sp³-hybridized carbons (Fsp3) is 0.211. The fourth-order valence-electron chi connectivity index (χ4n) is 2.77. The molecule has 2 heterocycles. The first kappa shape index (κ1) is 18.3. The molecule has 0 amide bonds. The van der Waals surface area contributed by atoms with Crippen LogP contribution >= 0.6 is 11.8 Å². The number of tetrazole rings is 1. The number of ether oxygens (including phenoxy) is 1. The van der Waals surface area contributed by atoms with Crippen molar-refractivity contribution in [3.05, 3.63) is 66.5 Å². The Balaban J connectivity index is 1.58. The summed E-state index contributed by atoms with van der Waals surface area (Å²) in [6, 6.07) is 19.8. The number of aromatic nitrogens is 7. The molecule has 4 rings (SSSR count). The Kier molecular flexibility index (Phi) is 5.74. The summed E-state index contributed by atoms with van der Waals surface area (Å²) in [6.45, 7) is 1.24. The Morgan fingerprint density at radius 1 is 0.929 bits per heavy atom. The summed E-state index contributed by atoms with van der Waals surface area (Å²) in [5, 5.41) is 21.7. The molecular formula is C19H19N7OS. The average Bonchev–Trinajstić information content (AvgIpc) is 3.38. The Morgan fingerprint density at radius 3 is 2.43 bits per heavy atom. The minimum Gasteiger partial charge on any atom is -0.383 e. The summed E-state index contributed by atoms with van der Waals surface area (Å²) in [5.74, 6) is 2.14. The minimum absolute atomic E-state index is 0.571. The van der Waals surface area contributed by atoms with E-state index in [9.17, 15) is 0 Å². The van der Waals surface area contributed by atoms with Crippen molar-refractivity contribution in [2.75, 3.05) is 13.7 Å². The van der Waals surface area contributed by atoms with Crippen molar-refractivity contribution in [1.82, 2.24) is 35.0 Å². The van der Waals surface area contributed by atoms with Crippen molar-refractivity contribution in [3.63, 3.8) is 0 Å². The first-order valence-corrected chi connectivity index (χ1v) is 9.78. The highest BCUT2D eigenvalue weighted by Crippen LogP contribution is 2.26. The quantitative estimate of drug-likeness (QED) is 0.426. The summed E-state index contributed by atoms with van der Waals surface area (Å²) in [4.78, 5) is 0. The maximum atomic E-state index is 5.27. The molecule has 2 aromatic heterocycles. The highest BCUT2D eigenvalue weighted by molar-refractivity contribution is 7.98. The number of nitrogens with zero attached hydrogens (tertiary/aromatic N) is 7. The summed E-state index contributed by atoms with van der Waals surface area (Å²) in [7, 11) is 1.69. The molecule has 0 fully saturated rings. The predicted molar refractivity (Wildman–Crippen MR) is 106 cm³/mol. The number of rotatable bonds is 8. The second kappa shape index (κ2) is 8.77. The SMILES string of the molecule is COCCn1c(SCc2nnnn2-c2ccccc2)nnc1-c1ccccc1. The lowest BCUT2D eigenvalue weighted by Crippen LogP contribution is -2.08. The van der Waals surface area contributed by atoms with Gasteiger partial charge in [0.2, 0.25) is 0 Å². The Bertz CT molecular complexity index is 1020. The summed E-state index contributed by atoms with van der Waals surface area (Å²) in [5.41, 5.74) is 1.95. The van der Waals surface area contributed by atoms with E-state index in [0.29, 0.717) is 18.9 Å². The van der Waals surface area contributed by atoms with Gasteiger partial charge in [0.15, 0.2) is 16.8 Å². The Hall–Kier alpha value is -3.04. The maximum absolute atomic E-state index is 5.27. The van der Waals surface area contributed by atoms with Gasteiger partial charge in [-0.25, -0.2) is 0 Å². The minimum atomic E-state index is 0.571. The second-order valence-electron chi connectivity index (χ2n) is 5.95. The lowest BCUT2D eigenvalue weighted by molar-refractivity contribution is 0.185. The van der Waals surface area contributed by atoms with Crippen LogP contribution in [-0.4, -0.2) is 48.7 Å². The monoisotopic (exact) mass is 393 g/mol. The van der Waals surface area contributed by atoms with Crippen LogP contribution in [0.3, 0.4) is 0 Å². The molecule has 0 saturated heterocycles. The number of hydrogen-bond donors (Lipinski definition) is 0. The number of thioether (sulfide) groups is 1. The average molecular weight is 393 g/mol. The lowest BCUT2D eigenvalue weighted by Gasteiger charge is -2.09. The van der Waals surface area contributed by atoms with E-state index in [2.05, 4.69) is 30.3 Å². The van der Waals surface area contributed by atoms with E-state index in [4.69, 9.17) is 4.74 Å². The first-order chi connectivity index (χ1) is 13.9. The van der Waals surface area contributed by atoms with E-state index in [1.165, 1.54) is 0 Å². The molecule has 0 spiro atoms. The Morgan fingerprint density at radius 2 is 1.68 bits per heavy atom. The third-order valence-corrected chi connectivity index (χ3v) is 5.10. The molecule has 0 aliphatic heterocycles. The molecule has 142 valence electrons. The normalized spacial score (nSPS) is 11.0. The maximum Gasteiger partial charge on any atom is 0.192 e. The van der Waals surface area contributed by atoms with Crippen LogP contribution in [0, 0.1) is 0 Å². The van der Waals surface area contributed by atoms with Crippen LogP contribution in [0.25, 0.3) is 17.1 Å². The Labute approximate surface area is 166 Å². The van der Waals surface area contributed by atoms with E-state index < -0.39 is 0 Å². The topological polar surface area (TPSA) is 83.5 Å². The third kappa shape index (κ3) is 3.95. The molecule has 28 heavy (non-hydrogen) atoms. The van der Waals surface area contributed by atoms with Gasteiger partial charge in [-0.1, -0.05) is 60.3 Å². The molecule has 0 radical (unpaired) electrons. The van der Waals surface area contributed by atoms with Crippen molar-refractivity contribution in [2.45, 2.75) is 17.5 Å². The van der Waals surface area contributed by atoms with E-state index >= 15 is 0 Å². The van der Waals surface area contributed by atoms with E-state index in [-0.39, 0.29) is 0 Å². The van der Waals surface area contributed by atoms with Crippen LogP contribution in [0.4, 0.5) is 0 Å². The molecule has 0 unspecified atom stereocenters. The molecule has 0 aliphatic rings. The molecule has 4 aromatic rings. The molecule has 0 saturated carbocycles. The standard InChI is InChI=1S/C19H19N7OS/c1-27-13-12-25-18(15-8-4-2-5-9-15)21-22-19(25)28-14-17-20-23-24-26(17)16-10-6-3-7-11-16/h2-11H,12-14H2,1H3. The number of benzene rings is 2. The van der Waals surface area contributed by atoms with Gasteiger partial charge in [-0.2, -0.15) is 4.68 Å². The number of para-hydroxylation sites is 1. The van der Waals surface area contributed by atoms with Crippen LogP contribution < -0.4 is 0 Å². The van der Waals surface area contributed by atoms with Crippen LogP contribution in [0.5, 0.6) is 0 Å². The molecule has 9 heteroatoms.